The number of halogens is 2. The van der Waals surface area contributed by atoms with E-state index in [1.165, 1.54) is 5.69 Å². The fraction of sp³-hybridized carbons (Fsp3) is 0.474. The molecule has 8 heteroatoms. The minimum atomic E-state index is 0. The highest BCUT2D eigenvalue weighted by Gasteiger charge is 2.23. The van der Waals surface area contributed by atoms with Crippen LogP contribution in [0.3, 0.4) is 0 Å². The van der Waals surface area contributed by atoms with Gasteiger partial charge < -0.3 is 20.1 Å². The van der Waals surface area contributed by atoms with Crippen molar-refractivity contribution in [2.75, 3.05) is 24.5 Å². The highest BCUT2D eigenvalue weighted by atomic mass is 127. The first-order valence-corrected chi connectivity index (χ1v) is 9.97. The molecule has 2 N–H and O–H groups in total. The Bertz CT molecular complexity index is 734. The minimum Gasteiger partial charge on any atom is -0.369 e. The number of aryl methyl sites for hydroxylation is 1. The number of aliphatic imine (C=N–C) groups is 1. The van der Waals surface area contributed by atoms with Crippen LogP contribution in [0, 0.1) is 0 Å². The molecule has 1 aromatic carbocycles. The summed E-state index contributed by atoms with van der Waals surface area (Å²) in [4.78, 5) is 7.04. The van der Waals surface area contributed by atoms with Gasteiger partial charge in [-0.3, -0.25) is 0 Å². The maximum Gasteiger partial charge on any atom is 0.191 e. The van der Waals surface area contributed by atoms with Gasteiger partial charge in [0.05, 0.1) is 5.69 Å². The molecule has 0 bridgehead atoms. The zero-order valence-corrected chi connectivity index (χ0v) is 19.7. The van der Waals surface area contributed by atoms with Crippen LogP contribution in [0.4, 0.5) is 5.69 Å². The summed E-state index contributed by atoms with van der Waals surface area (Å²) in [6.07, 6.45) is 1.96. The molecule has 0 radical (unpaired) electrons. The van der Waals surface area contributed by atoms with Crippen LogP contribution in [0.15, 0.2) is 44.3 Å². The van der Waals surface area contributed by atoms with Crippen molar-refractivity contribution >= 4 is 51.6 Å². The molecule has 0 amide bonds. The van der Waals surface area contributed by atoms with Crippen molar-refractivity contribution < 1.29 is 4.52 Å². The molecule has 2 heterocycles. The van der Waals surface area contributed by atoms with E-state index < -0.39 is 0 Å². The van der Waals surface area contributed by atoms with Gasteiger partial charge in [-0.25, -0.2) is 4.99 Å². The molecule has 3 rings (SSSR count). The Balaban J connectivity index is 0.00000261. The first-order chi connectivity index (χ1) is 12.7. The quantitative estimate of drug-likeness (QED) is 0.326. The molecule has 0 spiro atoms. The van der Waals surface area contributed by atoms with Crippen LogP contribution < -0.4 is 15.5 Å². The van der Waals surface area contributed by atoms with Gasteiger partial charge in [0.15, 0.2) is 11.7 Å². The van der Waals surface area contributed by atoms with Crippen molar-refractivity contribution in [3.05, 3.63) is 46.3 Å². The Labute approximate surface area is 186 Å². The predicted molar refractivity (Wildman–Crippen MR) is 124 cm³/mol. The molecule has 0 aliphatic carbocycles. The summed E-state index contributed by atoms with van der Waals surface area (Å²) in [5.74, 6) is 1.62. The van der Waals surface area contributed by atoms with E-state index >= 15 is 0 Å². The number of nitrogens with one attached hydrogen (secondary N) is 2. The van der Waals surface area contributed by atoms with Crippen molar-refractivity contribution in [1.82, 2.24) is 15.8 Å². The number of aromatic nitrogens is 1. The smallest absolute Gasteiger partial charge is 0.191 e. The summed E-state index contributed by atoms with van der Waals surface area (Å²) in [5.41, 5.74) is 2.22. The summed E-state index contributed by atoms with van der Waals surface area (Å²) in [7, 11) is 0. The summed E-state index contributed by atoms with van der Waals surface area (Å²) < 4.78 is 6.42. The first-order valence-electron chi connectivity index (χ1n) is 9.17. The van der Waals surface area contributed by atoms with Crippen molar-refractivity contribution in [3.8, 4) is 0 Å². The van der Waals surface area contributed by atoms with E-state index in [4.69, 9.17) is 4.52 Å². The minimum absolute atomic E-state index is 0. The van der Waals surface area contributed by atoms with Gasteiger partial charge >= 0.3 is 0 Å². The average molecular weight is 548 g/mol. The average Bonchev–Trinajstić information content (AvgIpc) is 3.30. The largest absolute Gasteiger partial charge is 0.369 e. The number of benzene rings is 1. The number of nitrogens with zero attached hydrogens (tertiary/aromatic N) is 3. The SMILES string of the molecule is CCNC(=NCc1cc(CC)no1)NC1CCN(c2ccc(Br)cc2)C1.I. The molecule has 1 saturated heterocycles. The van der Waals surface area contributed by atoms with Gasteiger partial charge in [-0.15, -0.1) is 24.0 Å². The Hall–Kier alpha value is -1.29. The molecule has 2 aromatic rings. The van der Waals surface area contributed by atoms with Gasteiger partial charge in [0.1, 0.15) is 6.54 Å². The topological polar surface area (TPSA) is 65.7 Å². The number of hydrogen-bond donors (Lipinski definition) is 2. The van der Waals surface area contributed by atoms with E-state index in [1.807, 2.05) is 6.07 Å². The summed E-state index contributed by atoms with van der Waals surface area (Å²) >= 11 is 3.49. The second-order valence-electron chi connectivity index (χ2n) is 6.39. The van der Waals surface area contributed by atoms with Crippen LogP contribution in [-0.2, 0) is 13.0 Å². The predicted octanol–water partition coefficient (Wildman–Crippen LogP) is 3.95. The zero-order valence-electron chi connectivity index (χ0n) is 15.7. The van der Waals surface area contributed by atoms with E-state index in [0.717, 1.165) is 54.4 Å². The Morgan fingerprint density at radius 1 is 1.33 bits per heavy atom. The Morgan fingerprint density at radius 3 is 2.78 bits per heavy atom. The second-order valence-corrected chi connectivity index (χ2v) is 7.30. The van der Waals surface area contributed by atoms with E-state index in [2.05, 4.69) is 79.7 Å². The third-order valence-electron chi connectivity index (χ3n) is 4.43. The molecule has 1 aliphatic rings. The number of guanidine groups is 1. The van der Waals surface area contributed by atoms with E-state index in [-0.39, 0.29) is 24.0 Å². The lowest BCUT2D eigenvalue weighted by molar-refractivity contribution is 0.379. The zero-order chi connectivity index (χ0) is 18.4. The van der Waals surface area contributed by atoms with Crippen molar-refractivity contribution in [2.24, 2.45) is 4.99 Å². The molecular weight excluding hydrogens is 521 g/mol. The number of anilines is 1. The second kappa shape index (κ2) is 10.9. The molecule has 0 saturated carbocycles. The maximum atomic E-state index is 5.31. The molecular formula is C19H27BrIN5O. The third kappa shape index (κ3) is 6.38. The first kappa shape index (κ1) is 22.0. The molecule has 6 nitrogen and oxygen atoms in total. The van der Waals surface area contributed by atoms with Crippen LogP contribution in [0.5, 0.6) is 0 Å². The normalized spacial score (nSPS) is 16.9. The highest BCUT2D eigenvalue weighted by molar-refractivity contribution is 14.0. The van der Waals surface area contributed by atoms with E-state index in [9.17, 15) is 0 Å². The van der Waals surface area contributed by atoms with Crippen LogP contribution in [-0.4, -0.2) is 36.8 Å². The maximum absolute atomic E-state index is 5.31. The molecule has 1 atom stereocenters. The van der Waals surface area contributed by atoms with E-state index in [0.29, 0.717) is 12.6 Å². The fourth-order valence-corrected chi connectivity index (χ4v) is 3.30. The lowest BCUT2D eigenvalue weighted by Crippen LogP contribution is -2.44. The van der Waals surface area contributed by atoms with Gasteiger partial charge in [-0.1, -0.05) is 28.0 Å². The van der Waals surface area contributed by atoms with Gasteiger partial charge in [0.25, 0.3) is 0 Å². The van der Waals surface area contributed by atoms with Crippen molar-refractivity contribution in [2.45, 2.75) is 39.3 Å². The summed E-state index contributed by atoms with van der Waals surface area (Å²) in [6, 6.07) is 10.8. The highest BCUT2D eigenvalue weighted by Crippen LogP contribution is 2.22. The molecule has 1 fully saturated rings. The third-order valence-corrected chi connectivity index (χ3v) is 4.96. The van der Waals surface area contributed by atoms with Crippen molar-refractivity contribution in [3.63, 3.8) is 0 Å². The van der Waals surface area contributed by atoms with Crippen molar-refractivity contribution in [1.29, 1.82) is 0 Å². The van der Waals surface area contributed by atoms with Crippen LogP contribution in [0.1, 0.15) is 31.7 Å². The number of rotatable bonds is 6. The molecule has 1 aliphatic heterocycles. The monoisotopic (exact) mass is 547 g/mol. The standard InChI is InChI=1S/C19H26BrN5O.HI/c1-3-15-11-18(26-24-15)12-22-19(21-4-2)23-16-9-10-25(13-16)17-7-5-14(20)6-8-17;/h5-8,11,16H,3-4,9-10,12-13H2,1-2H3,(H2,21,22,23);1H. The van der Waals surface area contributed by atoms with Gasteiger partial charge in [0, 0.05) is 41.9 Å². The van der Waals surface area contributed by atoms with Crippen LogP contribution >= 0.6 is 39.9 Å². The molecule has 148 valence electrons. The van der Waals surface area contributed by atoms with Crippen LogP contribution in [0.2, 0.25) is 0 Å². The van der Waals surface area contributed by atoms with Gasteiger partial charge in [-0.05, 0) is 44.0 Å². The summed E-state index contributed by atoms with van der Waals surface area (Å²) in [5, 5.41) is 10.9. The number of hydrogen-bond acceptors (Lipinski definition) is 4. The summed E-state index contributed by atoms with van der Waals surface area (Å²) in [6.45, 7) is 7.46. The van der Waals surface area contributed by atoms with Gasteiger partial charge in [0.2, 0.25) is 0 Å². The molecule has 27 heavy (non-hydrogen) atoms. The fourth-order valence-electron chi connectivity index (χ4n) is 3.03. The Morgan fingerprint density at radius 2 is 2.11 bits per heavy atom. The molecule has 1 aromatic heterocycles. The van der Waals surface area contributed by atoms with Gasteiger partial charge in [-0.2, -0.15) is 0 Å². The van der Waals surface area contributed by atoms with E-state index in [1.54, 1.807) is 0 Å². The lowest BCUT2D eigenvalue weighted by Gasteiger charge is -2.20. The van der Waals surface area contributed by atoms with Crippen LogP contribution in [0.25, 0.3) is 0 Å². The Kier molecular flexibility index (Phi) is 8.88. The lowest BCUT2D eigenvalue weighted by atomic mass is 10.2. The molecule has 1 unspecified atom stereocenters.